The first-order chi connectivity index (χ1) is 14.9. The van der Waals surface area contributed by atoms with E-state index in [4.69, 9.17) is 5.73 Å². The lowest BCUT2D eigenvalue weighted by molar-refractivity contribution is -0.116. The van der Waals surface area contributed by atoms with E-state index in [1.807, 2.05) is 12.1 Å². The lowest BCUT2D eigenvalue weighted by Crippen LogP contribution is -2.18. The number of anilines is 4. The molecule has 0 bridgehead atoms. The molecule has 1 aliphatic rings. The number of para-hydroxylation sites is 1. The highest BCUT2D eigenvalue weighted by molar-refractivity contribution is 7.90. The first kappa shape index (κ1) is 19.1. The van der Waals surface area contributed by atoms with Gasteiger partial charge in [0.15, 0.2) is 5.65 Å². The lowest BCUT2D eigenvalue weighted by atomic mass is 10.0. The number of hydrogen-bond donors (Lipinski definition) is 3. The van der Waals surface area contributed by atoms with Gasteiger partial charge in [0.05, 0.1) is 5.69 Å². The van der Waals surface area contributed by atoms with Crippen molar-refractivity contribution in [2.45, 2.75) is 17.7 Å². The van der Waals surface area contributed by atoms with Gasteiger partial charge < -0.3 is 16.4 Å². The number of benzene rings is 2. The van der Waals surface area contributed by atoms with Gasteiger partial charge in [-0.25, -0.2) is 17.4 Å². The fourth-order valence-electron chi connectivity index (χ4n) is 3.56. The molecule has 2 aromatic carbocycles. The van der Waals surface area contributed by atoms with Crippen LogP contribution in [0.25, 0.3) is 11.0 Å². The Kier molecular flexibility index (Phi) is 4.36. The number of nitrogens with one attached hydrogen (secondary N) is 2. The summed E-state index contributed by atoms with van der Waals surface area (Å²) in [5.41, 5.74) is 8.83. The molecular weight excluding hydrogens is 416 g/mol. The minimum Gasteiger partial charge on any atom is -0.398 e. The van der Waals surface area contributed by atoms with Crippen molar-refractivity contribution in [1.82, 2.24) is 13.9 Å². The van der Waals surface area contributed by atoms with E-state index in [9.17, 15) is 13.2 Å². The van der Waals surface area contributed by atoms with Crippen molar-refractivity contribution >= 4 is 50.0 Å². The zero-order chi connectivity index (χ0) is 21.6. The van der Waals surface area contributed by atoms with E-state index in [2.05, 4.69) is 20.6 Å². The summed E-state index contributed by atoms with van der Waals surface area (Å²) in [7, 11) is -3.93. The largest absolute Gasteiger partial charge is 0.398 e. The van der Waals surface area contributed by atoms with E-state index in [1.165, 1.54) is 12.3 Å². The minimum absolute atomic E-state index is 0.00279. The van der Waals surface area contributed by atoms with Crippen LogP contribution in [0.1, 0.15) is 12.0 Å². The highest BCUT2D eigenvalue weighted by Crippen LogP contribution is 2.28. The van der Waals surface area contributed by atoms with Crippen molar-refractivity contribution in [2.24, 2.45) is 0 Å². The van der Waals surface area contributed by atoms with Crippen molar-refractivity contribution < 1.29 is 13.2 Å². The van der Waals surface area contributed by atoms with Crippen LogP contribution in [0.4, 0.5) is 23.0 Å². The smallest absolute Gasteiger partial charge is 0.271 e. The highest BCUT2D eigenvalue weighted by atomic mass is 32.2. The summed E-state index contributed by atoms with van der Waals surface area (Å²) in [5, 5.41) is 6.53. The molecule has 0 saturated heterocycles. The molecule has 0 fully saturated rings. The zero-order valence-electron chi connectivity index (χ0n) is 16.2. The van der Waals surface area contributed by atoms with Gasteiger partial charge in [0.2, 0.25) is 11.9 Å². The standard InChI is InChI=1S/C21H18N6O3S/c22-16-3-1-2-4-18(16)31(29,30)27-10-9-14-12-23-21(26-20(14)27)24-15-6-7-17-13(11-15)5-8-19(28)25-17/h1-4,6-7,9-12H,5,8,22H2,(H,25,28)(H,23,24,26). The van der Waals surface area contributed by atoms with Gasteiger partial charge in [-0.15, -0.1) is 0 Å². The number of amides is 1. The van der Waals surface area contributed by atoms with Gasteiger partial charge in [0.1, 0.15) is 4.90 Å². The third-order valence-electron chi connectivity index (χ3n) is 5.11. The third-order valence-corrected chi connectivity index (χ3v) is 6.85. The number of aromatic nitrogens is 3. The van der Waals surface area contributed by atoms with Gasteiger partial charge in [-0.2, -0.15) is 4.98 Å². The SMILES string of the molecule is Nc1ccccc1S(=O)(=O)n1ccc2cnc(Nc3ccc4c(c3)CCC(=O)N4)nc21. The Hall–Kier alpha value is -3.92. The van der Waals surface area contributed by atoms with Gasteiger partial charge in [0.25, 0.3) is 10.0 Å². The molecular formula is C21H18N6O3S. The number of nitrogen functional groups attached to an aromatic ring is 1. The van der Waals surface area contributed by atoms with Crippen LogP contribution in [0.2, 0.25) is 0 Å². The molecule has 10 heteroatoms. The van der Waals surface area contributed by atoms with E-state index >= 15 is 0 Å². The quantitative estimate of drug-likeness (QED) is 0.421. The van der Waals surface area contributed by atoms with Crippen LogP contribution < -0.4 is 16.4 Å². The van der Waals surface area contributed by atoms with E-state index < -0.39 is 10.0 Å². The third kappa shape index (κ3) is 3.36. The van der Waals surface area contributed by atoms with Crippen LogP contribution in [0.5, 0.6) is 0 Å². The average molecular weight is 434 g/mol. The molecule has 1 amide bonds. The van der Waals surface area contributed by atoms with E-state index in [0.717, 1.165) is 20.9 Å². The van der Waals surface area contributed by atoms with E-state index in [1.54, 1.807) is 36.5 Å². The topological polar surface area (TPSA) is 132 Å². The summed E-state index contributed by atoms with van der Waals surface area (Å²) in [5.74, 6) is 0.256. The predicted molar refractivity (Wildman–Crippen MR) is 118 cm³/mol. The summed E-state index contributed by atoms with van der Waals surface area (Å²) < 4.78 is 27.4. The second-order valence-corrected chi connectivity index (χ2v) is 8.96. The molecule has 0 saturated carbocycles. The molecule has 156 valence electrons. The molecule has 5 rings (SSSR count). The predicted octanol–water partition coefficient (Wildman–Crippen LogP) is 2.88. The van der Waals surface area contributed by atoms with E-state index in [0.29, 0.717) is 18.2 Å². The van der Waals surface area contributed by atoms with Crippen LogP contribution in [-0.4, -0.2) is 28.3 Å². The number of carbonyl (C=O) groups excluding carboxylic acids is 1. The monoisotopic (exact) mass is 434 g/mol. The first-order valence-corrected chi connectivity index (χ1v) is 11.0. The molecule has 0 spiro atoms. The number of nitrogens with zero attached hydrogens (tertiary/aromatic N) is 3. The van der Waals surface area contributed by atoms with Gasteiger partial charge in [-0.05, 0) is 48.4 Å². The van der Waals surface area contributed by atoms with Crippen LogP contribution in [-0.2, 0) is 21.2 Å². The fourth-order valence-corrected chi connectivity index (χ4v) is 4.98. The number of rotatable bonds is 4. The lowest BCUT2D eigenvalue weighted by Gasteiger charge is -2.17. The molecule has 1 aliphatic heterocycles. The summed E-state index contributed by atoms with van der Waals surface area (Å²) in [6, 6.07) is 13.5. The number of carbonyl (C=O) groups is 1. The van der Waals surface area contributed by atoms with Crippen LogP contribution >= 0.6 is 0 Å². The van der Waals surface area contributed by atoms with E-state index in [-0.39, 0.29) is 28.1 Å². The zero-order valence-corrected chi connectivity index (χ0v) is 17.1. The molecule has 3 heterocycles. The maximum atomic E-state index is 13.2. The molecule has 31 heavy (non-hydrogen) atoms. The van der Waals surface area contributed by atoms with Gasteiger partial charge in [0, 0.05) is 35.6 Å². The number of fused-ring (bicyclic) bond motifs is 2. The molecule has 4 N–H and O–H groups in total. The summed E-state index contributed by atoms with van der Waals surface area (Å²) in [6.07, 6.45) is 4.08. The van der Waals surface area contributed by atoms with Gasteiger partial charge in [-0.3, -0.25) is 4.79 Å². The fraction of sp³-hybridized carbons (Fsp3) is 0.0952. The van der Waals surface area contributed by atoms with Crippen LogP contribution in [0, 0.1) is 0 Å². The van der Waals surface area contributed by atoms with Crippen molar-refractivity contribution in [3.8, 4) is 0 Å². The maximum absolute atomic E-state index is 13.2. The molecule has 0 unspecified atom stereocenters. The summed E-state index contributed by atoms with van der Waals surface area (Å²) >= 11 is 0. The Balaban J connectivity index is 1.51. The Morgan fingerprint density at radius 2 is 1.94 bits per heavy atom. The van der Waals surface area contributed by atoms with Crippen molar-refractivity contribution in [2.75, 3.05) is 16.4 Å². The van der Waals surface area contributed by atoms with Gasteiger partial charge in [-0.1, -0.05) is 12.1 Å². The molecule has 2 aromatic heterocycles. The first-order valence-electron chi connectivity index (χ1n) is 9.56. The number of hydrogen-bond acceptors (Lipinski definition) is 7. The van der Waals surface area contributed by atoms with Gasteiger partial charge >= 0.3 is 0 Å². The van der Waals surface area contributed by atoms with Crippen molar-refractivity contribution in [3.63, 3.8) is 0 Å². The summed E-state index contributed by atoms with van der Waals surface area (Å²) in [6.45, 7) is 0. The van der Waals surface area contributed by atoms with Crippen LogP contribution in [0.15, 0.2) is 65.8 Å². The molecule has 0 aliphatic carbocycles. The van der Waals surface area contributed by atoms with Crippen molar-refractivity contribution in [1.29, 1.82) is 0 Å². The normalized spacial score (nSPS) is 13.6. The second-order valence-electron chi connectivity index (χ2n) is 7.17. The molecule has 4 aromatic rings. The second kappa shape index (κ2) is 7.10. The van der Waals surface area contributed by atoms with Crippen molar-refractivity contribution in [3.05, 3.63) is 66.5 Å². The highest BCUT2D eigenvalue weighted by Gasteiger charge is 2.22. The summed E-state index contributed by atoms with van der Waals surface area (Å²) in [4.78, 5) is 20.3. The number of nitrogens with two attached hydrogens (primary N) is 1. The molecule has 0 atom stereocenters. The average Bonchev–Trinajstić information content (AvgIpc) is 3.18. The Bertz CT molecular complexity index is 1440. The maximum Gasteiger partial charge on any atom is 0.271 e. The Morgan fingerprint density at radius 1 is 1.10 bits per heavy atom. The Labute approximate surface area is 178 Å². The molecule has 9 nitrogen and oxygen atoms in total. The minimum atomic E-state index is -3.93. The Morgan fingerprint density at radius 3 is 2.77 bits per heavy atom. The van der Waals surface area contributed by atoms with Crippen LogP contribution in [0.3, 0.4) is 0 Å². The molecule has 0 radical (unpaired) electrons. The number of aryl methyl sites for hydroxylation is 1.